The first-order valence-electron chi connectivity index (χ1n) is 6.22. The number of hydrogen-bond donors (Lipinski definition) is 0. The van der Waals surface area contributed by atoms with E-state index in [2.05, 4.69) is 11.3 Å². The van der Waals surface area contributed by atoms with Gasteiger partial charge >= 0.3 is 5.97 Å². The molecule has 1 aliphatic heterocycles. The van der Waals surface area contributed by atoms with E-state index in [4.69, 9.17) is 0 Å². The lowest BCUT2D eigenvalue weighted by Gasteiger charge is -2.16. The molecule has 100 valence electrons. The average molecular weight is 259 g/mol. The second-order valence-corrected chi connectivity index (χ2v) is 4.62. The van der Waals surface area contributed by atoms with E-state index in [0.717, 1.165) is 11.3 Å². The number of methoxy groups -OCH3 is 1. The smallest absolute Gasteiger partial charge is 0.309 e. The molecule has 4 heteroatoms. The molecule has 2 rings (SSSR count). The summed E-state index contributed by atoms with van der Waals surface area (Å²) in [6, 6.07) is 7.42. The number of nitrogens with zero attached hydrogens (tertiary/aromatic N) is 1. The van der Waals surface area contributed by atoms with Crippen LogP contribution in [-0.2, 0) is 20.7 Å². The van der Waals surface area contributed by atoms with E-state index in [0.29, 0.717) is 13.0 Å². The minimum atomic E-state index is -0.267. The summed E-state index contributed by atoms with van der Waals surface area (Å²) in [5.74, 6) is 0.0737. The average Bonchev–Trinajstić information content (AvgIpc) is 2.81. The number of hydrogen-bond acceptors (Lipinski definition) is 3. The highest BCUT2D eigenvalue weighted by atomic mass is 16.5. The van der Waals surface area contributed by atoms with E-state index in [9.17, 15) is 9.59 Å². The van der Waals surface area contributed by atoms with Crippen molar-refractivity contribution in [2.75, 3.05) is 18.6 Å². The molecular weight excluding hydrogens is 242 g/mol. The van der Waals surface area contributed by atoms with Gasteiger partial charge in [0.1, 0.15) is 0 Å². The Morgan fingerprint density at radius 2 is 2.16 bits per heavy atom. The number of ether oxygens (including phenoxy) is 1. The van der Waals surface area contributed by atoms with Gasteiger partial charge in [-0.2, -0.15) is 0 Å². The molecule has 0 N–H and O–H groups in total. The maximum atomic E-state index is 11.9. The summed E-state index contributed by atoms with van der Waals surface area (Å²) in [7, 11) is 1.37. The number of anilines is 1. The third-order valence-corrected chi connectivity index (χ3v) is 3.31. The topological polar surface area (TPSA) is 46.6 Å². The molecule has 1 aromatic carbocycles. The summed E-state index contributed by atoms with van der Waals surface area (Å²) < 4.78 is 4.62. The van der Waals surface area contributed by atoms with Gasteiger partial charge in [0.2, 0.25) is 5.91 Å². The Kier molecular flexibility index (Phi) is 4.00. The Morgan fingerprint density at radius 3 is 2.68 bits per heavy atom. The summed E-state index contributed by atoms with van der Waals surface area (Å²) in [4.78, 5) is 24.8. The molecular formula is C15H17NO3. The van der Waals surface area contributed by atoms with Gasteiger partial charge in [-0.1, -0.05) is 18.2 Å². The molecule has 0 saturated carbocycles. The van der Waals surface area contributed by atoms with Crippen molar-refractivity contribution in [3.8, 4) is 0 Å². The summed E-state index contributed by atoms with van der Waals surface area (Å²) in [6.45, 7) is 4.41. The number of benzene rings is 1. The number of esters is 1. The molecule has 1 aromatic rings. The van der Waals surface area contributed by atoms with E-state index < -0.39 is 0 Å². The van der Waals surface area contributed by atoms with Crippen LogP contribution in [0.3, 0.4) is 0 Å². The van der Waals surface area contributed by atoms with Crippen LogP contribution < -0.4 is 4.90 Å². The molecule has 0 radical (unpaired) electrons. The van der Waals surface area contributed by atoms with Crippen molar-refractivity contribution >= 4 is 17.6 Å². The maximum absolute atomic E-state index is 11.9. The third-order valence-electron chi connectivity index (χ3n) is 3.31. The molecule has 1 fully saturated rings. The van der Waals surface area contributed by atoms with Crippen LogP contribution in [0, 0.1) is 5.92 Å². The van der Waals surface area contributed by atoms with E-state index in [-0.39, 0.29) is 24.2 Å². The van der Waals surface area contributed by atoms with Crippen LogP contribution in [0.5, 0.6) is 0 Å². The second-order valence-electron chi connectivity index (χ2n) is 4.62. The number of amides is 1. The van der Waals surface area contributed by atoms with Crippen LogP contribution in [0.25, 0.3) is 0 Å². The van der Waals surface area contributed by atoms with E-state index in [1.54, 1.807) is 4.90 Å². The minimum absolute atomic E-state index is 0.116. The van der Waals surface area contributed by atoms with Crippen molar-refractivity contribution in [3.63, 3.8) is 0 Å². The van der Waals surface area contributed by atoms with Crippen molar-refractivity contribution in [1.29, 1.82) is 0 Å². The Morgan fingerprint density at radius 1 is 1.47 bits per heavy atom. The Bertz CT molecular complexity index is 493. The van der Waals surface area contributed by atoms with Gasteiger partial charge in [0, 0.05) is 24.6 Å². The fourth-order valence-electron chi connectivity index (χ4n) is 2.18. The SMILES string of the molecule is C=CC1CC(=O)N(c2ccc(CC(=O)OC)cc2)C1. The molecule has 1 unspecified atom stereocenters. The Labute approximate surface area is 112 Å². The fraction of sp³-hybridized carbons (Fsp3) is 0.333. The number of rotatable bonds is 4. The van der Waals surface area contributed by atoms with Gasteiger partial charge in [-0.15, -0.1) is 6.58 Å². The molecule has 4 nitrogen and oxygen atoms in total. The van der Waals surface area contributed by atoms with Gasteiger partial charge in [0.25, 0.3) is 0 Å². The van der Waals surface area contributed by atoms with E-state index >= 15 is 0 Å². The Balaban J connectivity index is 2.08. The van der Waals surface area contributed by atoms with Crippen molar-refractivity contribution in [3.05, 3.63) is 42.5 Å². The lowest BCUT2D eigenvalue weighted by molar-refractivity contribution is -0.139. The van der Waals surface area contributed by atoms with Crippen molar-refractivity contribution in [2.24, 2.45) is 5.92 Å². The van der Waals surface area contributed by atoms with Crippen LogP contribution in [0.1, 0.15) is 12.0 Å². The zero-order valence-electron chi connectivity index (χ0n) is 11.0. The van der Waals surface area contributed by atoms with Crippen LogP contribution in [0.15, 0.2) is 36.9 Å². The lowest BCUT2D eigenvalue weighted by atomic mass is 10.1. The van der Waals surface area contributed by atoms with Crippen LogP contribution in [0.2, 0.25) is 0 Å². The monoisotopic (exact) mass is 259 g/mol. The Hall–Kier alpha value is -2.10. The largest absolute Gasteiger partial charge is 0.469 e. The first kappa shape index (κ1) is 13.3. The minimum Gasteiger partial charge on any atom is -0.469 e. The van der Waals surface area contributed by atoms with E-state index in [1.165, 1.54) is 7.11 Å². The summed E-state index contributed by atoms with van der Waals surface area (Å²) in [5.41, 5.74) is 1.74. The highest BCUT2D eigenvalue weighted by Gasteiger charge is 2.28. The van der Waals surface area contributed by atoms with Gasteiger partial charge in [0.15, 0.2) is 0 Å². The van der Waals surface area contributed by atoms with E-state index in [1.807, 2.05) is 30.3 Å². The first-order valence-corrected chi connectivity index (χ1v) is 6.22. The third kappa shape index (κ3) is 3.02. The van der Waals surface area contributed by atoms with Crippen LogP contribution >= 0.6 is 0 Å². The normalized spacial score (nSPS) is 18.5. The standard InChI is InChI=1S/C15H17NO3/c1-3-11-8-14(17)16(10-11)13-6-4-12(5-7-13)9-15(18)19-2/h3-7,11H,1,8-10H2,2H3. The van der Waals surface area contributed by atoms with Crippen LogP contribution in [-0.4, -0.2) is 25.5 Å². The highest BCUT2D eigenvalue weighted by molar-refractivity contribution is 5.96. The maximum Gasteiger partial charge on any atom is 0.309 e. The molecule has 1 aliphatic rings. The zero-order chi connectivity index (χ0) is 13.8. The zero-order valence-corrected chi connectivity index (χ0v) is 11.0. The summed E-state index contributed by atoms with van der Waals surface area (Å²) >= 11 is 0. The molecule has 1 saturated heterocycles. The van der Waals surface area contributed by atoms with Crippen molar-refractivity contribution in [1.82, 2.24) is 0 Å². The molecule has 0 spiro atoms. The number of carbonyl (C=O) groups excluding carboxylic acids is 2. The molecule has 0 aliphatic carbocycles. The highest BCUT2D eigenvalue weighted by Crippen LogP contribution is 2.25. The molecule has 1 atom stereocenters. The summed E-state index contributed by atoms with van der Waals surface area (Å²) in [6.07, 6.45) is 2.59. The van der Waals surface area contributed by atoms with Gasteiger partial charge in [-0.25, -0.2) is 0 Å². The quantitative estimate of drug-likeness (QED) is 0.613. The fourth-order valence-corrected chi connectivity index (χ4v) is 2.18. The molecule has 1 amide bonds. The lowest BCUT2D eigenvalue weighted by Crippen LogP contribution is -2.24. The van der Waals surface area contributed by atoms with Crippen molar-refractivity contribution in [2.45, 2.75) is 12.8 Å². The molecule has 1 heterocycles. The molecule has 19 heavy (non-hydrogen) atoms. The second kappa shape index (κ2) is 5.69. The van der Waals surface area contributed by atoms with Gasteiger partial charge in [-0.3, -0.25) is 9.59 Å². The van der Waals surface area contributed by atoms with Gasteiger partial charge in [0.05, 0.1) is 13.5 Å². The van der Waals surface area contributed by atoms with Crippen LogP contribution in [0.4, 0.5) is 5.69 Å². The first-order chi connectivity index (χ1) is 9.13. The number of carbonyl (C=O) groups is 2. The summed E-state index contributed by atoms with van der Waals surface area (Å²) in [5, 5.41) is 0. The van der Waals surface area contributed by atoms with Gasteiger partial charge in [-0.05, 0) is 17.7 Å². The predicted molar refractivity (Wildman–Crippen MR) is 72.8 cm³/mol. The van der Waals surface area contributed by atoms with Gasteiger partial charge < -0.3 is 9.64 Å². The molecule has 0 bridgehead atoms. The van der Waals surface area contributed by atoms with Crippen molar-refractivity contribution < 1.29 is 14.3 Å². The molecule has 0 aromatic heterocycles. The predicted octanol–water partition coefficient (Wildman–Crippen LogP) is 1.94.